The summed E-state index contributed by atoms with van der Waals surface area (Å²) in [5.74, 6) is 0. The topological polar surface area (TPSA) is 18.5 Å². The molecule has 0 spiro atoms. The molecule has 1 aliphatic heterocycles. The van der Waals surface area contributed by atoms with E-state index in [1.165, 1.54) is 0 Å². The summed E-state index contributed by atoms with van der Waals surface area (Å²) in [4.78, 5) is 0. The molecule has 0 radical (unpaired) electrons. The van der Waals surface area contributed by atoms with Gasteiger partial charge in [-0.1, -0.05) is 48.0 Å². The van der Waals surface area contributed by atoms with Crippen LogP contribution in [0.4, 0.5) is 0 Å². The summed E-state index contributed by atoms with van der Waals surface area (Å²) in [7, 11) is -0.418. The minimum absolute atomic E-state index is 0.367. The highest BCUT2D eigenvalue weighted by Crippen LogP contribution is 2.37. The van der Waals surface area contributed by atoms with Crippen LogP contribution in [0.1, 0.15) is 27.7 Å². The molecule has 4 heteroatoms. The molecule has 0 bridgehead atoms. The predicted molar refractivity (Wildman–Crippen MR) is 92.6 cm³/mol. The second kappa shape index (κ2) is 5.41. The number of halogens is 1. The molecule has 0 saturated carbocycles. The molecular formula is C18H20BClO2. The first kappa shape index (κ1) is 15.6. The number of hydrogen-bond donors (Lipinski definition) is 0. The van der Waals surface area contributed by atoms with Gasteiger partial charge in [-0.15, -0.1) is 0 Å². The van der Waals surface area contributed by atoms with E-state index >= 15 is 0 Å². The van der Waals surface area contributed by atoms with E-state index in [0.29, 0.717) is 5.02 Å². The fourth-order valence-corrected chi connectivity index (χ4v) is 2.76. The van der Waals surface area contributed by atoms with Crippen molar-refractivity contribution in [1.82, 2.24) is 0 Å². The highest BCUT2D eigenvalue weighted by Gasteiger charge is 2.52. The van der Waals surface area contributed by atoms with Gasteiger partial charge in [0.1, 0.15) is 0 Å². The molecule has 2 aromatic carbocycles. The Bertz CT molecular complexity index is 667. The third-order valence-electron chi connectivity index (χ3n) is 4.61. The standard InChI is InChI=1S/C18H20BClO2/c1-17(2)18(3,4)22-19(21-17)16-12-14(20)10-11-15(16)13-8-6-5-7-9-13/h5-12H,1-4H3. The Balaban J connectivity index is 2.07. The van der Waals surface area contributed by atoms with Crippen LogP contribution in [0, 0.1) is 0 Å². The van der Waals surface area contributed by atoms with Gasteiger partial charge in [0.25, 0.3) is 0 Å². The molecule has 2 nitrogen and oxygen atoms in total. The van der Waals surface area contributed by atoms with Crippen molar-refractivity contribution >= 4 is 24.2 Å². The summed E-state index contributed by atoms with van der Waals surface area (Å²) >= 11 is 6.21. The number of rotatable bonds is 2. The average molecular weight is 315 g/mol. The first-order valence-electron chi connectivity index (χ1n) is 7.51. The van der Waals surface area contributed by atoms with Gasteiger partial charge in [0, 0.05) is 5.02 Å². The van der Waals surface area contributed by atoms with Crippen LogP contribution in [0.25, 0.3) is 11.1 Å². The van der Waals surface area contributed by atoms with Crippen LogP contribution in [0.5, 0.6) is 0 Å². The summed E-state index contributed by atoms with van der Waals surface area (Å²) < 4.78 is 12.4. The quantitative estimate of drug-likeness (QED) is 0.769. The van der Waals surface area contributed by atoms with Gasteiger partial charge in [-0.3, -0.25) is 0 Å². The van der Waals surface area contributed by atoms with Gasteiger partial charge >= 0.3 is 7.12 Å². The largest absolute Gasteiger partial charge is 0.495 e. The predicted octanol–water partition coefficient (Wildman–Crippen LogP) is 4.31. The van der Waals surface area contributed by atoms with Crippen molar-refractivity contribution in [2.75, 3.05) is 0 Å². The maximum atomic E-state index is 6.21. The summed E-state index contributed by atoms with van der Waals surface area (Å²) in [5.41, 5.74) is 2.45. The van der Waals surface area contributed by atoms with Crippen LogP contribution in [0.2, 0.25) is 5.02 Å². The van der Waals surface area contributed by atoms with E-state index in [-0.39, 0.29) is 11.2 Å². The monoisotopic (exact) mass is 314 g/mol. The van der Waals surface area contributed by atoms with E-state index in [4.69, 9.17) is 20.9 Å². The van der Waals surface area contributed by atoms with Crippen LogP contribution >= 0.6 is 11.6 Å². The van der Waals surface area contributed by atoms with E-state index in [9.17, 15) is 0 Å². The van der Waals surface area contributed by atoms with Gasteiger partial charge in [0.05, 0.1) is 11.2 Å². The Kier molecular flexibility index (Phi) is 3.84. The minimum Gasteiger partial charge on any atom is -0.399 e. The highest BCUT2D eigenvalue weighted by molar-refractivity contribution is 6.64. The van der Waals surface area contributed by atoms with Crippen molar-refractivity contribution in [2.24, 2.45) is 0 Å². The first-order valence-corrected chi connectivity index (χ1v) is 7.88. The molecular weight excluding hydrogens is 294 g/mol. The van der Waals surface area contributed by atoms with Gasteiger partial charge in [0.15, 0.2) is 0 Å². The number of hydrogen-bond acceptors (Lipinski definition) is 2. The zero-order valence-corrected chi connectivity index (χ0v) is 14.1. The Morgan fingerprint density at radius 1 is 0.864 bits per heavy atom. The van der Waals surface area contributed by atoms with Gasteiger partial charge in [0.2, 0.25) is 0 Å². The van der Waals surface area contributed by atoms with Crippen molar-refractivity contribution in [3.63, 3.8) is 0 Å². The molecule has 0 atom stereocenters. The third kappa shape index (κ3) is 2.69. The van der Waals surface area contributed by atoms with Crippen LogP contribution < -0.4 is 5.46 Å². The maximum absolute atomic E-state index is 6.21. The molecule has 1 saturated heterocycles. The van der Waals surface area contributed by atoms with Crippen LogP contribution in [-0.4, -0.2) is 18.3 Å². The Hall–Kier alpha value is -1.29. The normalized spacial score (nSPS) is 19.4. The van der Waals surface area contributed by atoms with E-state index in [1.807, 2.05) is 36.4 Å². The van der Waals surface area contributed by atoms with Crippen LogP contribution in [0.15, 0.2) is 48.5 Å². The van der Waals surface area contributed by atoms with E-state index in [2.05, 4.69) is 39.8 Å². The highest BCUT2D eigenvalue weighted by atomic mass is 35.5. The fraction of sp³-hybridized carbons (Fsp3) is 0.333. The van der Waals surface area contributed by atoms with Crippen LogP contribution in [0.3, 0.4) is 0 Å². The van der Waals surface area contributed by atoms with E-state index < -0.39 is 7.12 Å². The van der Waals surface area contributed by atoms with Crippen molar-refractivity contribution < 1.29 is 9.31 Å². The molecule has 0 N–H and O–H groups in total. The lowest BCUT2D eigenvalue weighted by Crippen LogP contribution is -2.41. The Morgan fingerprint density at radius 3 is 2.05 bits per heavy atom. The zero-order valence-electron chi connectivity index (χ0n) is 13.4. The summed E-state index contributed by atoms with van der Waals surface area (Å²) in [6.45, 7) is 8.22. The molecule has 0 unspecified atom stereocenters. The summed E-state index contributed by atoms with van der Waals surface area (Å²) in [6.07, 6.45) is 0. The molecule has 0 amide bonds. The molecule has 114 valence electrons. The van der Waals surface area contributed by atoms with Gasteiger partial charge in [-0.05, 0) is 56.4 Å². The minimum atomic E-state index is -0.418. The average Bonchev–Trinajstić information content (AvgIpc) is 2.68. The van der Waals surface area contributed by atoms with E-state index in [1.54, 1.807) is 0 Å². The molecule has 3 rings (SSSR count). The van der Waals surface area contributed by atoms with Gasteiger partial charge in [-0.25, -0.2) is 0 Å². The van der Waals surface area contributed by atoms with Crippen molar-refractivity contribution in [2.45, 2.75) is 38.9 Å². The summed E-state index contributed by atoms with van der Waals surface area (Å²) in [5, 5.41) is 0.685. The van der Waals surface area contributed by atoms with Gasteiger partial charge in [-0.2, -0.15) is 0 Å². The lowest BCUT2D eigenvalue weighted by Gasteiger charge is -2.32. The molecule has 1 fully saturated rings. The van der Waals surface area contributed by atoms with Crippen molar-refractivity contribution in [1.29, 1.82) is 0 Å². The van der Waals surface area contributed by atoms with E-state index in [0.717, 1.165) is 16.6 Å². The van der Waals surface area contributed by atoms with Crippen LogP contribution in [-0.2, 0) is 9.31 Å². The second-order valence-electron chi connectivity index (χ2n) is 6.69. The molecule has 0 aromatic heterocycles. The molecule has 22 heavy (non-hydrogen) atoms. The molecule has 1 aliphatic rings. The Morgan fingerprint density at radius 2 is 1.45 bits per heavy atom. The molecule has 0 aliphatic carbocycles. The lowest BCUT2D eigenvalue weighted by molar-refractivity contribution is 0.00578. The maximum Gasteiger partial charge on any atom is 0.495 e. The number of benzene rings is 2. The second-order valence-corrected chi connectivity index (χ2v) is 7.12. The van der Waals surface area contributed by atoms with Crippen molar-refractivity contribution in [3.05, 3.63) is 53.6 Å². The van der Waals surface area contributed by atoms with Gasteiger partial charge < -0.3 is 9.31 Å². The smallest absolute Gasteiger partial charge is 0.399 e. The van der Waals surface area contributed by atoms with Crippen molar-refractivity contribution in [3.8, 4) is 11.1 Å². The Labute approximate surface area is 137 Å². The summed E-state index contributed by atoms with van der Waals surface area (Å²) in [6, 6.07) is 16.1. The zero-order chi connectivity index (χ0) is 16.0. The fourth-order valence-electron chi connectivity index (χ4n) is 2.58. The SMILES string of the molecule is CC1(C)OB(c2cc(Cl)ccc2-c2ccccc2)OC1(C)C. The molecule has 1 heterocycles. The lowest BCUT2D eigenvalue weighted by atomic mass is 9.74. The third-order valence-corrected chi connectivity index (χ3v) is 4.84. The first-order chi connectivity index (χ1) is 10.3. The molecule has 2 aromatic rings.